The molecule has 0 aromatic heterocycles. The number of hydrogen-bond donors (Lipinski definition) is 2. The van der Waals surface area contributed by atoms with E-state index in [1.54, 1.807) is 18.7 Å². The number of aliphatic hydroxyl groups excluding tert-OH is 1. The van der Waals surface area contributed by atoms with Crippen LogP contribution in [0.25, 0.3) is 0 Å². The highest BCUT2D eigenvalue weighted by atomic mass is 32.2. The van der Waals surface area contributed by atoms with E-state index in [4.69, 9.17) is 15.6 Å². The molecule has 0 saturated carbocycles. The molecular formula is C8H17NO3S. The molecule has 0 radical (unpaired) electrons. The minimum absolute atomic E-state index is 0.0196. The molecule has 0 bridgehead atoms. The van der Waals surface area contributed by atoms with Crippen molar-refractivity contribution in [1.82, 2.24) is 0 Å². The van der Waals surface area contributed by atoms with Crippen LogP contribution in [0.3, 0.4) is 0 Å². The van der Waals surface area contributed by atoms with Crippen molar-refractivity contribution in [3.63, 3.8) is 0 Å². The molecule has 0 aromatic carbocycles. The van der Waals surface area contributed by atoms with Crippen LogP contribution in [0.1, 0.15) is 13.3 Å². The van der Waals surface area contributed by atoms with E-state index in [0.717, 1.165) is 5.75 Å². The van der Waals surface area contributed by atoms with E-state index in [-0.39, 0.29) is 6.61 Å². The minimum atomic E-state index is -0.628. The molecule has 0 rings (SSSR count). The van der Waals surface area contributed by atoms with Gasteiger partial charge in [0, 0.05) is 0 Å². The van der Waals surface area contributed by atoms with Crippen LogP contribution in [0.5, 0.6) is 0 Å². The smallest absolute Gasteiger partial charge is 0.323 e. The number of thioether (sulfide) groups is 1. The normalized spacial score (nSPS) is 15.1. The Morgan fingerprint density at radius 3 is 2.77 bits per heavy atom. The molecule has 2 unspecified atom stereocenters. The molecule has 0 aromatic rings. The van der Waals surface area contributed by atoms with E-state index in [2.05, 4.69) is 0 Å². The predicted molar refractivity (Wildman–Crippen MR) is 53.6 cm³/mol. The van der Waals surface area contributed by atoms with Crippen molar-refractivity contribution < 1.29 is 14.6 Å². The summed E-state index contributed by atoms with van der Waals surface area (Å²) in [5, 5.41) is 8.84. The number of nitrogens with two attached hydrogens (primary N) is 1. The Bertz CT molecular complexity index is 152. The fraction of sp³-hybridized carbons (Fsp3) is 0.875. The summed E-state index contributed by atoms with van der Waals surface area (Å²) in [4.78, 5) is 11.1. The van der Waals surface area contributed by atoms with Crippen LogP contribution in [-0.4, -0.2) is 41.8 Å². The predicted octanol–water partition coefficient (Wildman–Crippen LogP) is -0.00920. The molecule has 0 aliphatic carbocycles. The highest BCUT2D eigenvalue weighted by molar-refractivity contribution is 7.98. The first-order chi connectivity index (χ1) is 6.07. The molecular weight excluding hydrogens is 190 g/mol. The molecule has 5 heteroatoms. The number of rotatable bonds is 6. The van der Waals surface area contributed by atoms with Gasteiger partial charge in [0.05, 0.1) is 6.10 Å². The summed E-state index contributed by atoms with van der Waals surface area (Å²) in [5.74, 6) is 0.403. The zero-order valence-electron chi connectivity index (χ0n) is 8.03. The fourth-order valence-electron chi connectivity index (χ4n) is 0.672. The highest BCUT2D eigenvalue weighted by Crippen LogP contribution is 2.00. The molecule has 0 fully saturated rings. The minimum Gasteiger partial charge on any atom is -0.462 e. The lowest BCUT2D eigenvalue weighted by molar-refractivity contribution is -0.147. The SMILES string of the molecule is CSCCC(N)C(=O)OCC(C)O. The Kier molecular flexibility index (Phi) is 7.03. The van der Waals surface area contributed by atoms with Crippen molar-refractivity contribution in [1.29, 1.82) is 0 Å². The summed E-state index contributed by atoms with van der Waals surface area (Å²) in [6, 6.07) is -0.564. The lowest BCUT2D eigenvalue weighted by atomic mass is 10.2. The molecule has 13 heavy (non-hydrogen) atoms. The largest absolute Gasteiger partial charge is 0.462 e. The zero-order chi connectivity index (χ0) is 10.3. The molecule has 4 nitrogen and oxygen atoms in total. The molecule has 0 saturated heterocycles. The van der Waals surface area contributed by atoms with Crippen molar-refractivity contribution in [3.05, 3.63) is 0 Å². The molecule has 2 atom stereocenters. The van der Waals surface area contributed by atoms with E-state index in [0.29, 0.717) is 6.42 Å². The van der Waals surface area contributed by atoms with Crippen molar-refractivity contribution in [3.8, 4) is 0 Å². The summed E-state index contributed by atoms with van der Waals surface area (Å²) in [5.41, 5.74) is 5.52. The Morgan fingerprint density at radius 2 is 2.31 bits per heavy atom. The van der Waals surface area contributed by atoms with Gasteiger partial charge in [-0.25, -0.2) is 0 Å². The number of esters is 1. The fourth-order valence-corrected chi connectivity index (χ4v) is 1.16. The summed E-state index contributed by atoms with van der Waals surface area (Å²) >= 11 is 1.63. The van der Waals surface area contributed by atoms with Gasteiger partial charge < -0.3 is 15.6 Å². The van der Waals surface area contributed by atoms with Crippen molar-refractivity contribution in [2.45, 2.75) is 25.5 Å². The average Bonchev–Trinajstić information content (AvgIpc) is 2.10. The maximum Gasteiger partial charge on any atom is 0.323 e. The van der Waals surface area contributed by atoms with E-state index < -0.39 is 18.1 Å². The average molecular weight is 207 g/mol. The van der Waals surface area contributed by atoms with Crippen LogP contribution in [-0.2, 0) is 9.53 Å². The Morgan fingerprint density at radius 1 is 1.69 bits per heavy atom. The quantitative estimate of drug-likeness (QED) is 0.599. The third-order valence-corrected chi connectivity index (χ3v) is 2.05. The van der Waals surface area contributed by atoms with Crippen molar-refractivity contribution in [2.24, 2.45) is 5.73 Å². The van der Waals surface area contributed by atoms with E-state index in [1.807, 2.05) is 6.26 Å². The molecule has 0 heterocycles. The van der Waals surface area contributed by atoms with E-state index >= 15 is 0 Å². The van der Waals surface area contributed by atoms with Gasteiger partial charge in [-0.2, -0.15) is 11.8 Å². The van der Waals surface area contributed by atoms with Crippen LogP contribution in [0.15, 0.2) is 0 Å². The van der Waals surface area contributed by atoms with E-state index in [1.165, 1.54) is 0 Å². The van der Waals surface area contributed by atoms with Crippen LogP contribution in [0.4, 0.5) is 0 Å². The Labute approximate surface area is 82.8 Å². The molecule has 0 spiro atoms. The Balaban J connectivity index is 3.57. The number of ether oxygens (including phenoxy) is 1. The second-order valence-corrected chi connectivity index (χ2v) is 3.85. The maximum atomic E-state index is 11.1. The molecule has 0 amide bonds. The van der Waals surface area contributed by atoms with Crippen LogP contribution < -0.4 is 5.73 Å². The van der Waals surface area contributed by atoms with Gasteiger partial charge in [0.2, 0.25) is 0 Å². The summed E-state index contributed by atoms with van der Waals surface area (Å²) in [6.45, 7) is 1.58. The Hall–Kier alpha value is -0.260. The summed E-state index contributed by atoms with van der Waals surface area (Å²) in [7, 11) is 0. The van der Waals surface area contributed by atoms with Gasteiger partial charge in [-0.15, -0.1) is 0 Å². The third kappa shape index (κ3) is 6.86. The monoisotopic (exact) mass is 207 g/mol. The van der Waals surface area contributed by atoms with Gasteiger partial charge in [-0.3, -0.25) is 4.79 Å². The zero-order valence-corrected chi connectivity index (χ0v) is 8.84. The second kappa shape index (κ2) is 7.17. The first kappa shape index (κ1) is 12.7. The summed E-state index contributed by atoms with van der Waals surface area (Å²) in [6.07, 6.45) is 1.94. The number of aliphatic hydroxyl groups is 1. The molecule has 78 valence electrons. The molecule has 0 aliphatic heterocycles. The van der Waals surface area contributed by atoms with Gasteiger partial charge in [-0.1, -0.05) is 0 Å². The van der Waals surface area contributed by atoms with Gasteiger partial charge in [-0.05, 0) is 25.4 Å². The van der Waals surface area contributed by atoms with Gasteiger partial charge in [0.15, 0.2) is 0 Å². The molecule has 3 N–H and O–H groups in total. The van der Waals surface area contributed by atoms with Crippen LogP contribution >= 0.6 is 11.8 Å². The first-order valence-corrected chi connectivity index (χ1v) is 5.56. The lowest BCUT2D eigenvalue weighted by Gasteiger charge is -2.11. The maximum absolute atomic E-state index is 11.1. The number of carbonyl (C=O) groups is 1. The first-order valence-electron chi connectivity index (χ1n) is 4.17. The van der Waals surface area contributed by atoms with Crippen LogP contribution in [0, 0.1) is 0 Å². The lowest BCUT2D eigenvalue weighted by Crippen LogP contribution is -2.34. The number of hydrogen-bond acceptors (Lipinski definition) is 5. The van der Waals surface area contributed by atoms with Crippen LogP contribution in [0.2, 0.25) is 0 Å². The topological polar surface area (TPSA) is 72.6 Å². The van der Waals surface area contributed by atoms with Gasteiger partial charge >= 0.3 is 5.97 Å². The van der Waals surface area contributed by atoms with E-state index in [9.17, 15) is 4.79 Å². The third-order valence-electron chi connectivity index (χ3n) is 1.40. The van der Waals surface area contributed by atoms with Crippen molar-refractivity contribution in [2.75, 3.05) is 18.6 Å². The van der Waals surface area contributed by atoms with Crippen molar-refractivity contribution >= 4 is 17.7 Å². The summed E-state index contributed by atoms with van der Waals surface area (Å²) < 4.78 is 4.74. The molecule has 0 aliphatic rings. The second-order valence-electron chi connectivity index (χ2n) is 2.87. The highest BCUT2D eigenvalue weighted by Gasteiger charge is 2.14. The standard InChI is InChI=1S/C8H17NO3S/c1-6(10)5-12-8(11)7(9)3-4-13-2/h6-7,10H,3-5,9H2,1-2H3. The van der Waals surface area contributed by atoms with Gasteiger partial charge in [0.1, 0.15) is 12.6 Å². The number of carbonyl (C=O) groups excluding carboxylic acids is 1. The van der Waals surface area contributed by atoms with Gasteiger partial charge in [0.25, 0.3) is 0 Å².